The molecule has 37 heteroatoms. The highest BCUT2D eigenvalue weighted by Gasteiger charge is 2.48. The van der Waals surface area contributed by atoms with E-state index in [0.29, 0.717) is 110 Å². The van der Waals surface area contributed by atoms with Crippen molar-refractivity contribution in [1.29, 1.82) is 0 Å². The van der Waals surface area contributed by atoms with E-state index in [1.807, 2.05) is 0 Å². The van der Waals surface area contributed by atoms with Crippen LogP contribution in [0, 0.1) is 0 Å². The SMILES string of the molecule is CNC(COCCC(=O)NCCCNC(=O)CCCCO[C@@H]1OC(CO)[C@H](O)C(O)C1NC(C)=O)(COCCC(=O)NCCCNC(=O)CCCCO[C@@H]1OC(CO)[C@H](O)C(O)C1NC(C)=O)COCCC1OC1NCCCNC(=O)CCCCO[C@@H]1OC(CO)[C@H](O)C(O)C1NC(C)=O. The Kier molecular flexibility index (Phi) is 42.6. The van der Waals surface area contributed by atoms with Gasteiger partial charge in [-0.1, -0.05) is 0 Å². The summed E-state index contributed by atoms with van der Waals surface area (Å²) in [6.07, 6.45) is -10.0. The van der Waals surface area contributed by atoms with Gasteiger partial charge >= 0.3 is 0 Å². The highest BCUT2D eigenvalue weighted by molar-refractivity contribution is 5.78. The average Bonchev–Trinajstić information content (AvgIpc) is 1.74. The maximum atomic E-state index is 12.8. The molecule has 0 aromatic carbocycles. The number of ether oxygens (including phenoxy) is 10. The Balaban J connectivity index is 1.11. The van der Waals surface area contributed by atoms with Crippen LogP contribution in [0.3, 0.4) is 0 Å². The van der Waals surface area contributed by atoms with Crippen LogP contribution >= 0.6 is 0 Å². The Labute approximate surface area is 582 Å². The normalized spacial score (nSPS) is 27.8. The fourth-order valence-electron chi connectivity index (χ4n) is 10.9. The molecule has 4 aliphatic rings. The predicted octanol–water partition coefficient (Wildman–Crippen LogP) is -7.38. The average molecular weight is 1440 g/mol. The number of rotatable bonds is 53. The zero-order valence-electron chi connectivity index (χ0n) is 58.0. The van der Waals surface area contributed by atoms with Crippen LogP contribution in [0.1, 0.15) is 117 Å². The minimum atomic E-state index is -1.43. The molecule has 4 heterocycles. The molecule has 0 bridgehead atoms. The van der Waals surface area contributed by atoms with Crippen LogP contribution in [0.25, 0.3) is 0 Å². The maximum absolute atomic E-state index is 12.8. The number of hydrogen-bond acceptors (Lipinski definition) is 29. The van der Waals surface area contributed by atoms with E-state index in [0.717, 1.165) is 0 Å². The number of carbonyl (C=O) groups is 8. The Morgan fingerprint density at radius 2 is 0.680 bits per heavy atom. The molecule has 100 heavy (non-hydrogen) atoms. The zero-order valence-corrected chi connectivity index (χ0v) is 58.0. The molecule has 0 aromatic rings. The predicted molar refractivity (Wildman–Crippen MR) is 349 cm³/mol. The Bertz CT molecular complexity index is 2300. The molecule has 0 radical (unpaired) electrons. The molecular formula is C63H114N10O27. The molecule has 4 saturated heterocycles. The first-order valence-electron chi connectivity index (χ1n) is 34.6. The van der Waals surface area contributed by atoms with Gasteiger partial charge in [-0.25, -0.2) is 0 Å². The van der Waals surface area contributed by atoms with Gasteiger partial charge in [-0.3, -0.25) is 43.7 Å². The molecule has 19 N–H and O–H groups in total. The monoisotopic (exact) mass is 1440 g/mol. The number of epoxide rings is 1. The van der Waals surface area contributed by atoms with E-state index in [1.54, 1.807) is 7.05 Å². The Morgan fingerprint density at radius 3 is 0.990 bits per heavy atom. The fourth-order valence-corrected chi connectivity index (χ4v) is 10.9. The molecule has 0 spiro atoms. The second-order valence-corrected chi connectivity index (χ2v) is 25.1. The quantitative estimate of drug-likeness (QED) is 0.0199. The minimum absolute atomic E-state index is 0.0349. The fraction of sp³-hybridized carbons (Fsp3) is 0.873. The van der Waals surface area contributed by atoms with Crippen molar-refractivity contribution in [3.63, 3.8) is 0 Å². The summed E-state index contributed by atoms with van der Waals surface area (Å²) in [6, 6.07) is -3.18. The summed E-state index contributed by atoms with van der Waals surface area (Å²) in [5.41, 5.74) is -0.899. The molecular weight excluding hydrogens is 1330 g/mol. The molecule has 4 fully saturated rings. The van der Waals surface area contributed by atoms with Crippen LogP contribution in [0.4, 0.5) is 0 Å². The standard InChI is InChI=1S/C63H114N10O27/c1-38(77)71-50-56(88)53(85)42(32-74)98-60(50)94-26-8-5-14-45(80)65-20-11-22-68-48(83)18-30-92-36-63(64-4,37-93-31-19-49(84)69-23-12-21-66-46(81)15-6-9-27-95-61-51(72-39(2)78)57(89)54(86)43(33-75)99-61)35-91-29-17-41-59(97-41)70-25-13-24-67-47(82)16-7-10-28-96-62-52(73-40(3)79)58(90)55(87)44(34-76)100-62/h41-44,50-62,64,70,74-76,85-90H,5-37H2,1-4H3,(H,65,80)(H,66,81)(H,67,82)(H,68,83)(H,69,84)(H,71,77)(H,72,78)(H,73,79)/t41?,42?,43?,44?,50?,51?,52?,53-,54-,55-,56?,57?,58?,59?,60+,61+,62+,63?/m0/s1. The van der Waals surface area contributed by atoms with Crippen LogP contribution < -0.4 is 53.2 Å². The number of aliphatic hydroxyl groups is 9. The Hall–Kier alpha value is -5.08. The van der Waals surface area contributed by atoms with Gasteiger partial charge in [-0.05, 0) is 71.4 Å². The molecule has 0 aliphatic carbocycles. The van der Waals surface area contributed by atoms with Gasteiger partial charge in [0, 0.05) is 118 Å². The molecule has 8 amide bonds. The molecule has 4 aliphatic heterocycles. The summed E-state index contributed by atoms with van der Waals surface area (Å²) in [5, 5.41) is 119. The van der Waals surface area contributed by atoms with Gasteiger partial charge in [0.25, 0.3) is 0 Å². The van der Waals surface area contributed by atoms with Crippen LogP contribution in [0.5, 0.6) is 0 Å². The van der Waals surface area contributed by atoms with Crippen LogP contribution in [-0.2, 0) is 85.7 Å². The van der Waals surface area contributed by atoms with Crippen LogP contribution in [0.15, 0.2) is 0 Å². The van der Waals surface area contributed by atoms with E-state index in [-0.39, 0.29) is 127 Å². The number of amides is 8. The summed E-state index contributed by atoms with van der Waals surface area (Å²) in [7, 11) is 1.72. The van der Waals surface area contributed by atoms with Gasteiger partial charge in [0.15, 0.2) is 18.9 Å². The molecule has 37 nitrogen and oxygen atoms in total. The van der Waals surface area contributed by atoms with Gasteiger partial charge in [-0.2, -0.15) is 0 Å². The zero-order chi connectivity index (χ0) is 73.4. The number of hydrogen-bond donors (Lipinski definition) is 19. The summed E-state index contributed by atoms with van der Waals surface area (Å²) in [6.45, 7) is 5.29. The second kappa shape index (κ2) is 48.8. The van der Waals surface area contributed by atoms with Gasteiger partial charge < -0.3 is 141 Å². The van der Waals surface area contributed by atoms with Crippen molar-refractivity contribution < 1.29 is 132 Å². The van der Waals surface area contributed by atoms with Gasteiger partial charge in [0.1, 0.15) is 85.4 Å². The van der Waals surface area contributed by atoms with Crippen LogP contribution in [0.2, 0.25) is 0 Å². The topological polar surface area (TPSA) is 535 Å². The Morgan fingerprint density at radius 1 is 0.370 bits per heavy atom. The molecule has 0 saturated carbocycles. The van der Waals surface area contributed by atoms with E-state index in [9.17, 15) is 84.3 Å². The third kappa shape index (κ3) is 33.1. The first-order valence-corrected chi connectivity index (χ1v) is 34.6. The van der Waals surface area contributed by atoms with Gasteiger partial charge in [-0.15, -0.1) is 0 Å². The summed E-state index contributed by atoms with van der Waals surface area (Å²) < 4.78 is 57.7. The van der Waals surface area contributed by atoms with E-state index in [1.165, 1.54) is 20.8 Å². The molecule has 0 aromatic heterocycles. The smallest absolute Gasteiger partial charge is 0.222 e. The second-order valence-electron chi connectivity index (χ2n) is 25.1. The van der Waals surface area contributed by atoms with Gasteiger partial charge in [0.2, 0.25) is 47.3 Å². The molecule has 578 valence electrons. The van der Waals surface area contributed by atoms with Crippen molar-refractivity contribution in [2.24, 2.45) is 0 Å². The lowest BCUT2D eigenvalue weighted by Crippen LogP contribution is -2.64. The molecule has 4 rings (SSSR count). The van der Waals surface area contributed by atoms with Crippen molar-refractivity contribution >= 4 is 47.3 Å². The summed E-state index contributed by atoms with van der Waals surface area (Å²) >= 11 is 0. The third-order valence-electron chi connectivity index (χ3n) is 16.8. The first kappa shape index (κ1) is 87.3. The molecule has 17 atom stereocenters. The van der Waals surface area contributed by atoms with Crippen molar-refractivity contribution in [2.45, 2.75) is 227 Å². The van der Waals surface area contributed by atoms with Gasteiger partial charge in [0.05, 0.1) is 58.4 Å². The first-order chi connectivity index (χ1) is 48.0. The third-order valence-corrected chi connectivity index (χ3v) is 16.8. The van der Waals surface area contributed by atoms with E-state index in [4.69, 9.17) is 47.4 Å². The van der Waals surface area contributed by atoms with Crippen molar-refractivity contribution in [3.05, 3.63) is 0 Å². The highest BCUT2D eigenvalue weighted by atomic mass is 16.7. The van der Waals surface area contributed by atoms with Crippen LogP contribution in [-0.4, -0.2) is 329 Å². The lowest BCUT2D eigenvalue weighted by Gasteiger charge is -2.42. The summed E-state index contributed by atoms with van der Waals surface area (Å²) in [4.78, 5) is 98.0. The van der Waals surface area contributed by atoms with Crippen molar-refractivity contribution in [1.82, 2.24) is 53.2 Å². The molecule has 11 unspecified atom stereocenters. The van der Waals surface area contributed by atoms with Crippen molar-refractivity contribution in [3.8, 4) is 0 Å². The minimum Gasteiger partial charge on any atom is -0.394 e. The summed E-state index contributed by atoms with van der Waals surface area (Å²) in [5.74, 6) is -2.50. The highest BCUT2D eigenvalue weighted by Crippen LogP contribution is 2.27. The largest absolute Gasteiger partial charge is 0.394 e. The lowest BCUT2D eigenvalue weighted by molar-refractivity contribution is -0.270. The van der Waals surface area contributed by atoms with E-state index < -0.39 is 135 Å². The number of nitrogens with one attached hydrogen (secondary N) is 10. The van der Waals surface area contributed by atoms with E-state index in [2.05, 4.69) is 53.2 Å². The maximum Gasteiger partial charge on any atom is 0.222 e. The van der Waals surface area contributed by atoms with Crippen molar-refractivity contribution in [2.75, 3.05) is 126 Å². The number of carbonyl (C=O) groups excluding carboxylic acids is 8. The number of aliphatic hydroxyl groups excluding tert-OH is 9. The number of likely N-dealkylation sites (N-methyl/N-ethyl adjacent to an activating group) is 1. The number of unbranched alkanes of at least 4 members (excludes halogenated alkanes) is 3. The lowest BCUT2D eigenvalue weighted by atomic mass is 9.97. The van der Waals surface area contributed by atoms with E-state index >= 15 is 0 Å².